The number of allylic oxidation sites excluding steroid dienone is 2. The highest BCUT2D eigenvalue weighted by Gasteiger charge is 2.37. The van der Waals surface area contributed by atoms with E-state index in [0.717, 1.165) is 35.5 Å². The molecule has 1 aliphatic carbocycles. The van der Waals surface area contributed by atoms with Crippen LogP contribution in [0, 0.1) is 11.6 Å². The molecule has 3 aromatic rings. The Balaban J connectivity index is 0.898. The van der Waals surface area contributed by atoms with Crippen LogP contribution in [-0.4, -0.2) is 59.9 Å². The second-order valence-corrected chi connectivity index (χ2v) is 11.1. The molecule has 11 heteroatoms. The fourth-order valence-electron chi connectivity index (χ4n) is 5.93. The number of nitrogens with zero attached hydrogens (tertiary/aromatic N) is 4. The minimum atomic E-state index is -0.836. The van der Waals surface area contributed by atoms with Gasteiger partial charge in [-0.05, 0) is 49.9 Å². The number of rotatable bonds is 5. The summed E-state index contributed by atoms with van der Waals surface area (Å²) in [6.45, 7) is 1.93. The van der Waals surface area contributed by atoms with Gasteiger partial charge in [0.05, 0.1) is 36.1 Å². The van der Waals surface area contributed by atoms with Crippen molar-refractivity contribution in [1.82, 2.24) is 20.2 Å². The molecule has 0 spiro atoms. The van der Waals surface area contributed by atoms with Crippen LogP contribution in [0.4, 0.5) is 25.2 Å². The number of imidazole rings is 1. The van der Waals surface area contributed by atoms with Gasteiger partial charge in [-0.3, -0.25) is 4.79 Å². The van der Waals surface area contributed by atoms with Crippen molar-refractivity contribution in [2.45, 2.75) is 43.7 Å². The highest BCUT2D eigenvalue weighted by atomic mass is 19.1. The molecule has 2 amide bonds. The molecule has 0 radical (unpaired) electrons. The number of halogens is 2. The van der Waals surface area contributed by atoms with Crippen LogP contribution in [0.15, 0.2) is 47.7 Å². The first-order valence-corrected chi connectivity index (χ1v) is 13.7. The first kappa shape index (κ1) is 24.9. The molecule has 1 aromatic heterocycles. The average Bonchev–Trinajstić information content (AvgIpc) is 3.68. The molecule has 40 heavy (non-hydrogen) atoms. The number of aromatic nitrogens is 2. The molecule has 2 N–H and O–H groups in total. The fourth-order valence-corrected chi connectivity index (χ4v) is 5.93. The van der Waals surface area contributed by atoms with Crippen molar-refractivity contribution < 1.29 is 23.1 Å². The summed E-state index contributed by atoms with van der Waals surface area (Å²) < 4.78 is 37.6. The molecular formula is C29H30F2N6O3. The summed E-state index contributed by atoms with van der Waals surface area (Å²) in [6.07, 6.45) is 2.26. The number of hydrogen-bond acceptors (Lipinski definition) is 6. The molecule has 1 unspecified atom stereocenters. The lowest BCUT2D eigenvalue weighted by Gasteiger charge is -2.42. The molecule has 9 nitrogen and oxygen atoms in total. The van der Waals surface area contributed by atoms with Gasteiger partial charge in [0.1, 0.15) is 17.7 Å². The molecule has 4 fully saturated rings. The third-order valence-corrected chi connectivity index (χ3v) is 8.35. The summed E-state index contributed by atoms with van der Waals surface area (Å²) in [4.78, 5) is 33.5. The van der Waals surface area contributed by atoms with E-state index < -0.39 is 23.6 Å². The standard InChI is InChI=1S/C29H30F2N6O3/c1-35-25-5-3-2-4-24(25)34-28(35)37-14-19(15-37)40-29(39)32-17-12-36(13-17)18-10-21(30)26(22(31)11-18)20-8-9-23(16-6-7-16)33-27(20)38/h2-5,10-11,17,19-20H,6-9,12-15H2,1H3,(H,32,39)(H,33,38). The first-order chi connectivity index (χ1) is 19.3. The Labute approximate surface area is 229 Å². The third kappa shape index (κ3) is 4.43. The molecular weight excluding hydrogens is 518 g/mol. The summed E-state index contributed by atoms with van der Waals surface area (Å²) >= 11 is 0. The molecule has 4 aliphatic rings. The Hall–Kier alpha value is -4.15. The smallest absolute Gasteiger partial charge is 0.407 e. The third-order valence-electron chi connectivity index (χ3n) is 8.35. The van der Waals surface area contributed by atoms with Crippen LogP contribution in [0.1, 0.15) is 37.2 Å². The van der Waals surface area contributed by atoms with E-state index in [9.17, 15) is 9.59 Å². The van der Waals surface area contributed by atoms with Crippen LogP contribution >= 0.6 is 0 Å². The van der Waals surface area contributed by atoms with Crippen LogP contribution in [0.5, 0.6) is 0 Å². The van der Waals surface area contributed by atoms with Gasteiger partial charge in [-0.15, -0.1) is 0 Å². The largest absolute Gasteiger partial charge is 0.442 e. The van der Waals surface area contributed by atoms with E-state index in [1.54, 1.807) is 4.90 Å². The molecule has 2 aromatic carbocycles. The maximum absolute atomic E-state index is 15.0. The van der Waals surface area contributed by atoms with Gasteiger partial charge < -0.3 is 29.7 Å². The minimum Gasteiger partial charge on any atom is -0.442 e. The molecule has 3 aliphatic heterocycles. The number of benzene rings is 2. The van der Waals surface area contributed by atoms with Crippen molar-refractivity contribution in [2.75, 3.05) is 36.0 Å². The number of fused-ring (bicyclic) bond motifs is 1. The highest BCUT2D eigenvalue weighted by Crippen LogP contribution is 2.39. The van der Waals surface area contributed by atoms with Gasteiger partial charge in [-0.25, -0.2) is 18.6 Å². The van der Waals surface area contributed by atoms with E-state index in [0.29, 0.717) is 44.7 Å². The Kier molecular flexibility index (Phi) is 5.90. The van der Waals surface area contributed by atoms with Gasteiger partial charge >= 0.3 is 6.09 Å². The number of aryl methyl sites for hydroxylation is 1. The van der Waals surface area contributed by atoms with E-state index in [-0.39, 0.29) is 23.6 Å². The molecule has 4 heterocycles. The zero-order valence-corrected chi connectivity index (χ0v) is 22.1. The maximum Gasteiger partial charge on any atom is 0.407 e. The van der Waals surface area contributed by atoms with Crippen molar-refractivity contribution in [1.29, 1.82) is 0 Å². The molecule has 1 saturated carbocycles. The fraction of sp³-hybridized carbons (Fsp3) is 0.414. The Bertz CT molecular complexity index is 1530. The molecule has 0 bridgehead atoms. The zero-order chi connectivity index (χ0) is 27.5. The highest BCUT2D eigenvalue weighted by molar-refractivity contribution is 5.86. The van der Waals surface area contributed by atoms with Crippen LogP contribution in [-0.2, 0) is 16.6 Å². The number of hydrogen-bond donors (Lipinski definition) is 2. The summed E-state index contributed by atoms with van der Waals surface area (Å²) in [5.41, 5.74) is 4.34. The quantitative estimate of drug-likeness (QED) is 0.506. The predicted molar refractivity (Wildman–Crippen MR) is 145 cm³/mol. The van der Waals surface area contributed by atoms with Crippen molar-refractivity contribution >= 4 is 34.7 Å². The SMILES string of the molecule is Cn1c(N2CC(OC(=O)NC3CN(c4cc(F)c(C5CCC(=C6CC6)NC5=O)c(F)c4)C3)C2)nc2ccccc21. The van der Waals surface area contributed by atoms with Gasteiger partial charge in [-0.1, -0.05) is 17.7 Å². The molecule has 208 valence electrons. The topological polar surface area (TPSA) is 91.7 Å². The molecule has 7 rings (SSSR count). The monoisotopic (exact) mass is 548 g/mol. The molecule has 1 atom stereocenters. The van der Waals surface area contributed by atoms with E-state index in [1.807, 2.05) is 35.9 Å². The van der Waals surface area contributed by atoms with Crippen LogP contribution < -0.4 is 20.4 Å². The van der Waals surface area contributed by atoms with E-state index in [4.69, 9.17) is 4.74 Å². The predicted octanol–water partition coefficient (Wildman–Crippen LogP) is 3.70. The van der Waals surface area contributed by atoms with Crippen molar-refractivity contribution in [2.24, 2.45) is 7.05 Å². The maximum atomic E-state index is 15.0. The lowest BCUT2D eigenvalue weighted by molar-refractivity contribution is -0.123. The number of anilines is 2. The van der Waals surface area contributed by atoms with E-state index in [2.05, 4.69) is 20.5 Å². The normalized spacial score (nSPS) is 21.3. The van der Waals surface area contributed by atoms with Crippen molar-refractivity contribution in [3.63, 3.8) is 0 Å². The number of alkyl carbamates (subject to hydrolysis) is 1. The van der Waals surface area contributed by atoms with Gasteiger partial charge in [0.25, 0.3) is 0 Å². The Morgan fingerprint density at radius 1 is 1.05 bits per heavy atom. The Morgan fingerprint density at radius 2 is 1.77 bits per heavy atom. The van der Waals surface area contributed by atoms with Crippen LogP contribution in [0.25, 0.3) is 11.0 Å². The second kappa shape index (κ2) is 9.50. The minimum absolute atomic E-state index is 0.173. The summed E-state index contributed by atoms with van der Waals surface area (Å²) in [6, 6.07) is 10.3. The summed E-state index contributed by atoms with van der Waals surface area (Å²) in [7, 11) is 1.97. The lowest BCUT2D eigenvalue weighted by atomic mass is 9.88. The summed E-state index contributed by atoms with van der Waals surface area (Å²) in [5, 5.41) is 5.68. The number of amides is 2. The molecule has 3 saturated heterocycles. The number of piperidine rings is 1. The average molecular weight is 549 g/mol. The zero-order valence-electron chi connectivity index (χ0n) is 22.1. The number of carbonyl (C=O) groups is 2. The van der Waals surface area contributed by atoms with Crippen molar-refractivity contribution in [3.05, 3.63) is 64.9 Å². The second-order valence-electron chi connectivity index (χ2n) is 11.1. The van der Waals surface area contributed by atoms with Crippen LogP contribution in [0.2, 0.25) is 0 Å². The van der Waals surface area contributed by atoms with Gasteiger partial charge in [0, 0.05) is 37.1 Å². The van der Waals surface area contributed by atoms with E-state index >= 15 is 8.78 Å². The number of nitrogens with one attached hydrogen (secondary N) is 2. The van der Waals surface area contributed by atoms with Gasteiger partial charge in [-0.2, -0.15) is 0 Å². The number of para-hydroxylation sites is 2. The van der Waals surface area contributed by atoms with Crippen LogP contribution in [0.3, 0.4) is 0 Å². The lowest BCUT2D eigenvalue weighted by Crippen LogP contribution is -2.61. The van der Waals surface area contributed by atoms with E-state index in [1.165, 1.54) is 17.7 Å². The van der Waals surface area contributed by atoms with Crippen molar-refractivity contribution in [3.8, 4) is 0 Å². The van der Waals surface area contributed by atoms with Gasteiger partial charge in [0.15, 0.2) is 0 Å². The van der Waals surface area contributed by atoms with Gasteiger partial charge in [0.2, 0.25) is 11.9 Å². The Morgan fingerprint density at radius 3 is 2.45 bits per heavy atom. The number of carbonyl (C=O) groups excluding carboxylic acids is 2. The first-order valence-electron chi connectivity index (χ1n) is 13.7. The summed E-state index contributed by atoms with van der Waals surface area (Å²) in [5.74, 6) is -1.78. The number of ether oxygens (including phenoxy) is 1.